The summed E-state index contributed by atoms with van der Waals surface area (Å²) < 4.78 is 5.61. The summed E-state index contributed by atoms with van der Waals surface area (Å²) in [5, 5.41) is 0. The van der Waals surface area contributed by atoms with Crippen LogP contribution in [0.15, 0.2) is 36.4 Å². The van der Waals surface area contributed by atoms with Crippen molar-refractivity contribution in [1.29, 1.82) is 0 Å². The maximum absolute atomic E-state index is 5.83. The number of hydrogen-bond donors (Lipinski definition) is 1. The quantitative estimate of drug-likeness (QED) is 0.385. The summed E-state index contributed by atoms with van der Waals surface area (Å²) in [5.41, 5.74) is 0.624. The van der Waals surface area contributed by atoms with Gasteiger partial charge in [0.25, 0.3) is 0 Å². The molecule has 0 unspecified atom stereocenters. The Labute approximate surface area is 119 Å². The van der Waals surface area contributed by atoms with Crippen LogP contribution in [0.4, 0.5) is 0 Å². The molecular weight excluding hydrogens is 239 g/mol. The molecular formula is C15H26BOS. The van der Waals surface area contributed by atoms with Crippen LogP contribution in [0.5, 0.6) is 0 Å². The van der Waals surface area contributed by atoms with Crippen LogP contribution in [0.3, 0.4) is 0 Å². The predicted molar refractivity (Wildman–Crippen MR) is 86.3 cm³/mol. The molecule has 0 aromatic rings. The first-order chi connectivity index (χ1) is 8.24. The van der Waals surface area contributed by atoms with Gasteiger partial charge in [-0.3, -0.25) is 0 Å². The minimum absolute atomic E-state index is 0.214. The SMILES string of the molecule is C=C/C([B]OC(C)(C)C(C)(C)S)=C\C=C/CCC. The van der Waals surface area contributed by atoms with Crippen molar-refractivity contribution in [2.24, 2.45) is 0 Å². The smallest absolute Gasteiger partial charge is 0.330 e. The Morgan fingerprint density at radius 2 is 1.94 bits per heavy atom. The molecule has 1 nitrogen and oxygen atoms in total. The van der Waals surface area contributed by atoms with Crippen LogP contribution in [0.2, 0.25) is 0 Å². The normalized spacial score (nSPS) is 14.0. The summed E-state index contributed by atoms with van der Waals surface area (Å²) in [6.07, 6.45) is 10.2. The number of unbranched alkanes of at least 4 members (excludes halogenated alkanes) is 1. The highest BCUT2D eigenvalue weighted by atomic mass is 32.1. The van der Waals surface area contributed by atoms with Crippen molar-refractivity contribution < 1.29 is 4.65 Å². The molecule has 0 saturated heterocycles. The van der Waals surface area contributed by atoms with Gasteiger partial charge in [0.15, 0.2) is 0 Å². The van der Waals surface area contributed by atoms with Gasteiger partial charge >= 0.3 is 7.48 Å². The summed E-state index contributed by atoms with van der Waals surface area (Å²) in [6, 6.07) is 0. The van der Waals surface area contributed by atoms with Crippen molar-refractivity contribution in [3.8, 4) is 0 Å². The summed E-state index contributed by atoms with van der Waals surface area (Å²) in [7, 11) is 1.75. The molecule has 0 N–H and O–H groups in total. The van der Waals surface area contributed by atoms with E-state index in [-0.39, 0.29) is 10.3 Å². The minimum atomic E-state index is -0.342. The molecule has 1 radical (unpaired) electrons. The highest BCUT2D eigenvalue weighted by molar-refractivity contribution is 7.81. The molecule has 0 aliphatic rings. The molecule has 0 atom stereocenters. The van der Waals surface area contributed by atoms with E-state index in [1.807, 2.05) is 39.8 Å². The van der Waals surface area contributed by atoms with E-state index in [9.17, 15) is 0 Å². The lowest BCUT2D eigenvalue weighted by Crippen LogP contribution is -2.44. The lowest BCUT2D eigenvalue weighted by Gasteiger charge is -2.38. The minimum Gasteiger partial charge on any atom is -0.428 e. The van der Waals surface area contributed by atoms with Crippen LogP contribution >= 0.6 is 12.6 Å². The number of allylic oxidation sites excluding steroid dienone is 5. The second kappa shape index (κ2) is 7.91. The van der Waals surface area contributed by atoms with Crippen molar-refractivity contribution in [2.45, 2.75) is 57.8 Å². The second-order valence-electron chi connectivity index (χ2n) is 5.39. The van der Waals surface area contributed by atoms with Crippen LogP contribution < -0.4 is 0 Å². The summed E-state index contributed by atoms with van der Waals surface area (Å²) in [5.74, 6) is 0. The van der Waals surface area contributed by atoms with E-state index in [0.29, 0.717) is 0 Å². The first-order valence-electron chi connectivity index (χ1n) is 6.47. The van der Waals surface area contributed by atoms with Gasteiger partial charge in [-0.1, -0.05) is 49.7 Å². The first-order valence-corrected chi connectivity index (χ1v) is 6.92. The molecule has 0 spiro atoms. The maximum Gasteiger partial charge on any atom is 0.330 e. The van der Waals surface area contributed by atoms with Crippen molar-refractivity contribution in [3.63, 3.8) is 0 Å². The zero-order valence-electron chi connectivity index (χ0n) is 12.4. The van der Waals surface area contributed by atoms with E-state index in [1.54, 1.807) is 13.6 Å². The molecule has 0 aromatic heterocycles. The van der Waals surface area contributed by atoms with E-state index in [4.69, 9.17) is 4.65 Å². The molecule has 0 amide bonds. The van der Waals surface area contributed by atoms with Crippen LogP contribution in [-0.4, -0.2) is 17.8 Å². The van der Waals surface area contributed by atoms with Gasteiger partial charge in [0, 0.05) is 4.75 Å². The van der Waals surface area contributed by atoms with Gasteiger partial charge in [0.1, 0.15) is 0 Å². The number of rotatable bonds is 8. The summed E-state index contributed by atoms with van der Waals surface area (Å²) >= 11 is 4.56. The third-order valence-electron chi connectivity index (χ3n) is 3.08. The third kappa shape index (κ3) is 6.51. The largest absolute Gasteiger partial charge is 0.428 e. The standard InChI is InChI=1S/C15H26BOS/c1-7-9-10-11-12-13(8-2)16-17-14(3,4)15(5,6)18/h8,10-12,18H,2,7,9H2,1,3-6H3/b11-10-,13-12+. The maximum atomic E-state index is 5.83. The van der Waals surface area contributed by atoms with Gasteiger partial charge < -0.3 is 4.65 Å². The predicted octanol–water partition coefficient (Wildman–Crippen LogP) is 4.54. The average molecular weight is 265 g/mol. The van der Waals surface area contributed by atoms with Gasteiger partial charge in [-0.25, -0.2) is 0 Å². The van der Waals surface area contributed by atoms with E-state index in [0.717, 1.165) is 18.3 Å². The van der Waals surface area contributed by atoms with E-state index < -0.39 is 0 Å². The molecule has 0 rings (SSSR count). The fourth-order valence-corrected chi connectivity index (χ4v) is 1.01. The molecule has 0 fully saturated rings. The Balaban J connectivity index is 4.44. The molecule has 0 saturated carbocycles. The fourth-order valence-electron chi connectivity index (χ4n) is 0.957. The molecule has 101 valence electrons. The lowest BCUT2D eigenvalue weighted by molar-refractivity contribution is 0.0846. The second-order valence-corrected chi connectivity index (χ2v) is 6.51. The molecule has 18 heavy (non-hydrogen) atoms. The summed E-state index contributed by atoms with van der Waals surface area (Å²) in [6.45, 7) is 14.1. The van der Waals surface area contributed by atoms with Crippen molar-refractivity contribution in [3.05, 3.63) is 36.4 Å². The van der Waals surface area contributed by atoms with Crippen LogP contribution in [0, 0.1) is 0 Å². The van der Waals surface area contributed by atoms with Crippen molar-refractivity contribution in [1.82, 2.24) is 0 Å². The topological polar surface area (TPSA) is 9.23 Å². The number of thiol groups is 1. The fraction of sp³-hybridized carbons (Fsp3) is 0.600. The highest BCUT2D eigenvalue weighted by Gasteiger charge is 2.34. The monoisotopic (exact) mass is 265 g/mol. The Bertz CT molecular complexity index is 311. The number of hydrogen-bond acceptors (Lipinski definition) is 2. The molecule has 0 aliphatic heterocycles. The van der Waals surface area contributed by atoms with Gasteiger partial charge in [-0.15, -0.1) is 0 Å². The van der Waals surface area contributed by atoms with E-state index in [2.05, 4.69) is 32.2 Å². The molecule has 0 heterocycles. The van der Waals surface area contributed by atoms with Crippen molar-refractivity contribution >= 4 is 20.1 Å². The van der Waals surface area contributed by atoms with Gasteiger partial charge in [0.05, 0.1) is 5.60 Å². The Hall–Kier alpha value is -0.405. The zero-order valence-corrected chi connectivity index (χ0v) is 13.3. The van der Waals surface area contributed by atoms with Crippen LogP contribution in [0.1, 0.15) is 47.5 Å². The van der Waals surface area contributed by atoms with Gasteiger partial charge in [0.2, 0.25) is 0 Å². The van der Waals surface area contributed by atoms with Gasteiger partial charge in [-0.2, -0.15) is 12.6 Å². The van der Waals surface area contributed by atoms with E-state index >= 15 is 0 Å². The Morgan fingerprint density at radius 1 is 1.33 bits per heavy atom. The molecule has 3 heteroatoms. The zero-order chi connectivity index (χ0) is 14.2. The van der Waals surface area contributed by atoms with Gasteiger partial charge in [-0.05, 0) is 34.1 Å². The highest BCUT2D eigenvalue weighted by Crippen LogP contribution is 2.30. The van der Waals surface area contributed by atoms with E-state index in [1.165, 1.54) is 0 Å². The Kier molecular flexibility index (Phi) is 7.73. The van der Waals surface area contributed by atoms with Crippen molar-refractivity contribution in [2.75, 3.05) is 0 Å². The Morgan fingerprint density at radius 3 is 2.39 bits per heavy atom. The van der Waals surface area contributed by atoms with Crippen LogP contribution in [0.25, 0.3) is 0 Å². The average Bonchev–Trinajstić information content (AvgIpc) is 2.26. The first kappa shape index (κ1) is 17.6. The van der Waals surface area contributed by atoms with Crippen LogP contribution in [-0.2, 0) is 4.65 Å². The molecule has 0 bridgehead atoms. The molecule has 0 aromatic carbocycles. The summed E-state index contributed by atoms with van der Waals surface area (Å²) in [4.78, 5) is 0. The third-order valence-corrected chi connectivity index (χ3v) is 3.62. The molecule has 0 aliphatic carbocycles. The lowest BCUT2D eigenvalue weighted by atomic mass is 9.83.